The highest BCUT2D eigenvalue weighted by molar-refractivity contribution is 6.08. The maximum atomic E-state index is 5.60. The quantitative estimate of drug-likeness (QED) is 0.298. The summed E-state index contributed by atoms with van der Waals surface area (Å²) in [6.45, 7) is 6.93. The zero-order valence-corrected chi connectivity index (χ0v) is 12.5. The summed E-state index contributed by atoms with van der Waals surface area (Å²) in [4.78, 5) is 0. The lowest BCUT2D eigenvalue weighted by Crippen LogP contribution is -1.93. The second-order valence-corrected chi connectivity index (χ2v) is 5.91. The van der Waals surface area contributed by atoms with E-state index in [1.165, 1.54) is 64.2 Å². The molecule has 0 bridgehead atoms. The molecule has 100 valence electrons. The Kier molecular flexibility index (Phi) is 12.6. The summed E-state index contributed by atoms with van der Waals surface area (Å²) in [6.07, 6.45) is 15.0. The second kappa shape index (κ2) is 12.5. The maximum Gasteiger partial charge on any atom is 0.0656 e. The highest BCUT2D eigenvalue weighted by Crippen LogP contribution is 2.16. The van der Waals surface area contributed by atoms with E-state index in [4.69, 9.17) is 7.85 Å². The van der Waals surface area contributed by atoms with Crippen LogP contribution in [0.4, 0.5) is 0 Å². The Morgan fingerprint density at radius 1 is 0.706 bits per heavy atom. The molecule has 0 fully saturated rings. The molecule has 0 rings (SSSR count). The molecule has 2 radical (unpaired) electrons. The minimum Gasteiger partial charge on any atom is -0.0862 e. The Bertz CT molecular complexity index is 128. The smallest absolute Gasteiger partial charge is 0.0656 e. The van der Waals surface area contributed by atoms with Gasteiger partial charge in [-0.1, -0.05) is 97.2 Å². The highest BCUT2D eigenvalue weighted by atomic mass is 14.0. The molecule has 1 heteroatoms. The third-order valence-electron chi connectivity index (χ3n) is 3.99. The lowest BCUT2D eigenvalue weighted by molar-refractivity contribution is 0.465. The molecule has 0 aromatic heterocycles. The number of hydrogen-bond acceptors (Lipinski definition) is 0. The minimum absolute atomic E-state index is 0.727. The molecule has 0 aliphatic carbocycles. The van der Waals surface area contributed by atoms with Crippen LogP contribution in [0, 0.1) is 11.8 Å². The van der Waals surface area contributed by atoms with E-state index in [1.54, 1.807) is 0 Å². The van der Waals surface area contributed by atoms with Crippen molar-refractivity contribution in [1.29, 1.82) is 0 Å². The van der Waals surface area contributed by atoms with Crippen LogP contribution >= 0.6 is 0 Å². The van der Waals surface area contributed by atoms with Crippen molar-refractivity contribution >= 4 is 7.85 Å². The Morgan fingerprint density at radius 2 is 1.12 bits per heavy atom. The van der Waals surface area contributed by atoms with Crippen molar-refractivity contribution in [2.45, 2.75) is 91.3 Å². The second-order valence-electron chi connectivity index (χ2n) is 5.91. The fourth-order valence-corrected chi connectivity index (χ4v) is 2.19. The zero-order chi connectivity index (χ0) is 12.9. The van der Waals surface area contributed by atoms with Crippen molar-refractivity contribution < 1.29 is 0 Å². The van der Waals surface area contributed by atoms with Crippen molar-refractivity contribution in [3.05, 3.63) is 0 Å². The third kappa shape index (κ3) is 12.3. The molecule has 0 aromatic rings. The van der Waals surface area contributed by atoms with Gasteiger partial charge < -0.3 is 0 Å². The predicted molar refractivity (Wildman–Crippen MR) is 80.7 cm³/mol. The van der Waals surface area contributed by atoms with Crippen LogP contribution in [0.1, 0.15) is 85.0 Å². The summed E-state index contributed by atoms with van der Waals surface area (Å²) in [6, 6.07) is 0. The number of rotatable bonds is 12. The molecule has 17 heavy (non-hydrogen) atoms. The van der Waals surface area contributed by atoms with Crippen molar-refractivity contribution in [3.63, 3.8) is 0 Å². The van der Waals surface area contributed by atoms with Gasteiger partial charge in [0.1, 0.15) is 0 Å². The minimum atomic E-state index is 0.727. The van der Waals surface area contributed by atoms with E-state index in [-0.39, 0.29) is 0 Å². The average molecular weight is 236 g/mol. The van der Waals surface area contributed by atoms with Crippen LogP contribution in [0.3, 0.4) is 0 Å². The van der Waals surface area contributed by atoms with Crippen LogP contribution in [-0.2, 0) is 0 Å². The van der Waals surface area contributed by atoms with Gasteiger partial charge in [0.2, 0.25) is 0 Å². The van der Waals surface area contributed by atoms with Gasteiger partial charge in [-0.2, -0.15) is 0 Å². The first-order chi connectivity index (χ1) is 8.20. The van der Waals surface area contributed by atoms with Crippen molar-refractivity contribution in [2.24, 2.45) is 11.8 Å². The molecule has 0 spiro atoms. The maximum absolute atomic E-state index is 5.60. The van der Waals surface area contributed by atoms with Crippen molar-refractivity contribution in [3.8, 4) is 0 Å². The van der Waals surface area contributed by atoms with E-state index in [9.17, 15) is 0 Å². The summed E-state index contributed by atoms with van der Waals surface area (Å²) in [5.41, 5.74) is 0. The molecular formula is C16H33B. The van der Waals surface area contributed by atoms with Gasteiger partial charge in [-0.3, -0.25) is 0 Å². The molecule has 0 heterocycles. The first-order valence-corrected chi connectivity index (χ1v) is 7.90. The monoisotopic (exact) mass is 236 g/mol. The molecule has 0 aliphatic heterocycles. The number of hydrogen-bond donors (Lipinski definition) is 0. The summed E-state index contributed by atoms with van der Waals surface area (Å²) < 4.78 is 0. The van der Waals surface area contributed by atoms with E-state index in [0.717, 1.165) is 18.2 Å². The zero-order valence-electron chi connectivity index (χ0n) is 12.5. The molecular weight excluding hydrogens is 203 g/mol. The fourth-order valence-electron chi connectivity index (χ4n) is 2.19. The van der Waals surface area contributed by atoms with Crippen LogP contribution in [0.5, 0.6) is 0 Å². The van der Waals surface area contributed by atoms with Crippen LogP contribution in [0.15, 0.2) is 0 Å². The van der Waals surface area contributed by atoms with Gasteiger partial charge >= 0.3 is 0 Å². The molecule has 2 atom stereocenters. The molecule has 0 aromatic carbocycles. The average Bonchev–Trinajstić information content (AvgIpc) is 2.35. The molecule has 0 aliphatic rings. The Morgan fingerprint density at radius 3 is 1.53 bits per heavy atom. The first-order valence-electron chi connectivity index (χ1n) is 7.90. The van der Waals surface area contributed by atoms with Gasteiger partial charge in [0.15, 0.2) is 0 Å². The standard InChI is InChI=1S/C16H33B/c1-4-15(2)12-10-8-6-5-7-9-11-13-16(3)14-17/h15-16H,4-14H2,1-3H3. The Hall–Kier alpha value is 0.0649. The van der Waals surface area contributed by atoms with Crippen LogP contribution in [0.25, 0.3) is 0 Å². The van der Waals surface area contributed by atoms with Gasteiger partial charge in [-0.05, 0) is 5.92 Å². The largest absolute Gasteiger partial charge is 0.0862 e. The molecule has 0 amide bonds. The van der Waals surface area contributed by atoms with Crippen LogP contribution < -0.4 is 0 Å². The van der Waals surface area contributed by atoms with Gasteiger partial charge in [-0.15, -0.1) is 0 Å². The summed E-state index contributed by atoms with van der Waals surface area (Å²) >= 11 is 0. The van der Waals surface area contributed by atoms with Gasteiger partial charge in [0.05, 0.1) is 7.85 Å². The van der Waals surface area contributed by atoms with E-state index in [2.05, 4.69) is 20.8 Å². The molecule has 0 saturated heterocycles. The van der Waals surface area contributed by atoms with Gasteiger partial charge in [0, 0.05) is 0 Å². The normalized spacial score (nSPS) is 14.8. The Balaban J connectivity index is 3.04. The van der Waals surface area contributed by atoms with Crippen LogP contribution in [-0.4, -0.2) is 7.85 Å². The van der Waals surface area contributed by atoms with E-state index < -0.39 is 0 Å². The van der Waals surface area contributed by atoms with Crippen molar-refractivity contribution in [2.75, 3.05) is 0 Å². The fraction of sp³-hybridized carbons (Fsp3) is 1.00. The van der Waals surface area contributed by atoms with E-state index >= 15 is 0 Å². The lowest BCUT2D eigenvalue weighted by Gasteiger charge is -2.08. The molecule has 0 saturated carbocycles. The summed E-state index contributed by atoms with van der Waals surface area (Å²) in [5.74, 6) is 1.67. The third-order valence-corrected chi connectivity index (χ3v) is 3.99. The SMILES string of the molecule is [B]CC(C)CCCCCCCCCC(C)CC. The first kappa shape index (κ1) is 17.1. The summed E-state index contributed by atoms with van der Waals surface area (Å²) in [5, 5.41) is 0. The number of unbranched alkanes of at least 4 members (excludes halogenated alkanes) is 6. The molecule has 0 N–H and O–H groups in total. The highest BCUT2D eigenvalue weighted by Gasteiger charge is 1.99. The molecule has 0 nitrogen and oxygen atoms in total. The lowest BCUT2D eigenvalue weighted by atomic mass is 9.89. The topological polar surface area (TPSA) is 0 Å². The van der Waals surface area contributed by atoms with Crippen LogP contribution in [0.2, 0.25) is 6.32 Å². The van der Waals surface area contributed by atoms with Gasteiger partial charge in [0.25, 0.3) is 0 Å². The molecule has 2 unspecified atom stereocenters. The van der Waals surface area contributed by atoms with E-state index in [0.29, 0.717) is 0 Å². The predicted octanol–water partition coefficient (Wildman–Crippen LogP) is 5.77. The van der Waals surface area contributed by atoms with Gasteiger partial charge in [-0.25, -0.2) is 0 Å². The van der Waals surface area contributed by atoms with Crippen molar-refractivity contribution in [1.82, 2.24) is 0 Å². The van der Waals surface area contributed by atoms with E-state index in [1.807, 2.05) is 0 Å². The Labute approximate surface area is 111 Å². The summed E-state index contributed by atoms with van der Waals surface area (Å²) in [7, 11) is 5.60.